The van der Waals surface area contributed by atoms with E-state index in [0.29, 0.717) is 16.5 Å². The molecule has 0 atom stereocenters. The van der Waals surface area contributed by atoms with Gasteiger partial charge in [0.2, 0.25) is 11.1 Å². The lowest BCUT2D eigenvalue weighted by molar-refractivity contribution is -0.384. The van der Waals surface area contributed by atoms with Crippen molar-refractivity contribution in [3.63, 3.8) is 0 Å². The van der Waals surface area contributed by atoms with Gasteiger partial charge in [-0.15, -0.1) is 10.2 Å². The molecule has 0 aliphatic heterocycles. The van der Waals surface area contributed by atoms with E-state index in [1.165, 1.54) is 28.9 Å². The van der Waals surface area contributed by atoms with Gasteiger partial charge in [-0.3, -0.25) is 14.9 Å². The fraction of sp³-hybridized carbons (Fsp3) is 0.100. The van der Waals surface area contributed by atoms with E-state index in [0.717, 1.165) is 11.8 Å². The van der Waals surface area contributed by atoms with Gasteiger partial charge in [-0.2, -0.15) is 0 Å². The Kier molecular flexibility index (Phi) is 3.84. The molecule has 20 heavy (non-hydrogen) atoms. The van der Waals surface area contributed by atoms with Gasteiger partial charge in [0, 0.05) is 17.7 Å². The molecule has 0 aliphatic carbocycles. The van der Waals surface area contributed by atoms with Gasteiger partial charge in [-0.25, -0.2) is 4.68 Å². The summed E-state index contributed by atoms with van der Waals surface area (Å²) in [7, 11) is 0. The van der Waals surface area contributed by atoms with E-state index in [2.05, 4.69) is 10.2 Å². The summed E-state index contributed by atoms with van der Waals surface area (Å²) in [5.41, 5.74) is 5.58. The number of thioether (sulfide) groups is 1. The summed E-state index contributed by atoms with van der Waals surface area (Å²) in [6.45, 7) is 0. The van der Waals surface area contributed by atoms with Crippen molar-refractivity contribution in [1.29, 1.82) is 0 Å². The molecule has 4 N–H and O–H groups in total. The van der Waals surface area contributed by atoms with Crippen LogP contribution in [0, 0.1) is 10.1 Å². The average Bonchev–Trinajstić information content (AvgIpc) is 2.78. The lowest BCUT2D eigenvalue weighted by atomic mass is 10.2. The number of nitro groups is 1. The number of primary amides is 1. The molecular formula is C10H10N6O3S. The van der Waals surface area contributed by atoms with Gasteiger partial charge in [-0.1, -0.05) is 11.8 Å². The SMILES string of the molecule is NC(=O)CSc1nnc(-c2ccc([N+](=O)[O-])cc2)n1N. The number of hydrogen-bond acceptors (Lipinski definition) is 7. The summed E-state index contributed by atoms with van der Waals surface area (Å²) >= 11 is 1.06. The zero-order valence-corrected chi connectivity index (χ0v) is 10.9. The number of nitrogens with two attached hydrogens (primary N) is 2. The van der Waals surface area contributed by atoms with E-state index in [9.17, 15) is 14.9 Å². The maximum absolute atomic E-state index is 10.7. The Labute approximate surface area is 117 Å². The van der Waals surface area contributed by atoms with E-state index in [1.807, 2.05) is 0 Å². The second-order valence-corrected chi connectivity index (χ2v) is 4.68. The Morgan fingerprint density at radius 3 is 2.55 bits per heavy atom. The third kappa shape index (κ3) is 2.85. The highest BCUT2D eigenvalue weighted by Crippen LogP contribution is 2.23. The minimum Gasteiger partial charge on any atom is -0.369 e. The summed E-state index contributed by atoms with van der Waals surface area (Å²) in [4.78, 5) is 20.8. The van der Waals surface area contributed by atoms with Crippen molar-refractivity contribution >= 4 is 23.4 Å². The van der Waals surface area contributed by atoms with Crippen molar-refractivity contribution in [2.75, 3.05) is 11.6 Å². The molecule has 10 heteroatoms. The molecule has 0 saturated carbocycles. The first kappa shape index (κ1) is 13.8. The van der Waals surface area contributed by atoms with Gasteiger partial charge in [-0.05, 0) is 12.1 Å². The number of amides is 1. The molecule has 2 aromatic rings. The quantitative estimate of drug-likeness (QED) is 0.345. The Morgan fingerprint density at radius 2 is 2.00 bits per heavy atom. The second-order valence-electron chi connectivity index (χ2n) is 3.74. The number of carbonyl (C=O) groups excluding carboxylic acids is 1. The standard InChI is InChI=1S/C10H10N6O3S/c11-8(17)5-20-10-14-13-9(15(10)12)6-1-3-7(4-2-6)16(18)19/h1-4H,5,12H2,(H2,11,17). The van der Waals surface area contributed by atoms with Crippen molar-refractivity contribution < 1.29 is 9.72 Å². The smallest absolute Gasteiger partial charge is 0.269 e. The Bertz CT molecular complexity index is 654. The van der Waals surface area contributed by atoms with E-state index in [1.54, 1.807) is 0 Å². The van der Waals surface area contributed by atoms with Crippen LogP contribution in [0.3, 0.4) is 0 Å². The molecule has 0 radical (unpaired) electrons. The molecule has 1 amide bonds. The van der Waals surface area contributed by atoms with Crippen LogP contribution in [0.4, 0.5) is 5.69 Å². The van der Waals surface area contributed by atoms with Gasteiger partial charge in [0.05, 0.1) is 10.7 Å². The first-order valence-electron chi connectivity index (χ1n) is 5.35. The van der Waals surface area contributed by atoms with Crippen molar-refractivity contribution in [3.05, 3.63) is 34.4 Å². The molecule has 104 valence electrons. The Morgan fingerprint density at radius 1 is 1.35 bits per heavy atom. The highest BCUT2D eigenvalue weighted by molar-refractivity contribution is 7.99. The summed E-state index contributed by atoms with van der Waals surface area (Å²) < 4.78 is 1.20. The molecule has 0 unspecified atom stereocenters. The number of nitrogen functional groups attached to an aromatic ring is 1. The predicted molar refractivity (Wildman–Crippen MR) is 72.2 cm³/mol. The molecule has 1 heterocycles. The zero-order valence-electron chi connectivity index (χ0n) is 10.1. The number of nitro benzene ring substituents is 1. The van der Waals surface area contributed by atoms with Gasteiger partial charge in [0.1, 0.15) is 0 Å². The number of hydrogen-bond donors (Lipinski definition) is 2. The summed E-state index contributed by atoms with van der Waals surface area (Å²) in [6, 6.07) is 5.74. The lowest BCUT2D eigenvalue weighted by Crippen LogP contribution is -2.16. The van der Waals surface area contributed by atoms with Gasteiger partial charge < -0.3 is 11.6 Å². The fourth-order valence-corrected chi connectivity index (χ4v) is 2.04. The molecule has 0 aliphatic rings. The number of rotatable bonds is 5. The van der Waals surface area contributed by atoms with E-state index < -0.39 is 10.8 Å². The minimum atomic E-state index is -0.495. The van der Waals surface area contributed by atoms with Crippen LogP contribution in [-0.4, -0.2) is 31.5 Å². The third-order valence-electron chi connectivity index (χ3n) is 2.34. The Balaban J connectivity index is 2.24. The van der Waals surface area contributed by atoms with Crippen molar-refractivity contribution in [2.24, 2.45) is 5.73 Å². The van der Waals surface area contributed by atoms with Crippen molar-refractivity contribution in [2.45, 2.75) is 5.16 Å². The highest BCUT2D eigenvalue weighted by Gasteiger charge is 2.14. The molecule has 1 aromatic carbocycles. The number of aromatic nitrogens is 3. The van der Waals surface area contributed by atoms with E-state index >= 15 is 0 Å². The maximum atomic E-state index is 10.7. The lowest BCUT2D eigenvalue weighted by Gasteiger charge is -2.02. The summed E-state index contributed by atoms with van der Waals surface area (Å²) in [5.74, 6) is 5.69. The van der Waals surface area contributed by atoms with Gasteiger partial charge >= 0.3 is 0 Å². The fourth-order valence-electron chi connectivity index (χ4n) is 1.44. The number of nitrogens with zero attached hydrogens (tertiary/aromatic N) is 4. The topological polar surface area (TPSA) is 143 Å². The van der Waals surface area contributed by atoms with Gasteiger partial charge in [0.25, 0.3) is 5.69 Å². The van der Waals surface area contributed by atoms with Crippen LogP contribution >= 0.6 is 11.8 Å². The van der Waals surface area contributed by atoms with E-state index in [4.69, 9.17) is 11.6 Å². The minimum absolute atomic E-state index is 0.0276. The zero-order chi connectivity index (χ0) is 14.7. The van der Waals surface area contributed by atoms with Crippen molar-refractivity contribution in [3.8, 4) is 11.4 Å². The molecule has 9 nitrogen and oxygen atoms in total. The average molecular weight is 294 g/mol. The summed E-state index contributed by atoms with van der Waals surface area (Å²) in [6.07, 6.45) is 0. The van der Waals surface area contributed by atoms with E-state index in [-0.39, 0.29) is 11.4 Å². The van der Waals surface area contributed by atoms with Gasteiger partial charge in [0.15, 0.2) is 5.82 Å². The number of carbonyl (C=O) groups is 1. The van der Waals surface area contributed by atoms with Crippen LogP contribution in [0.25, 0.3) is 11.4 Å². The first-order valence-corrected chi connectivity index (χ1v) is 6.34. The van der Waals surface area contributed by atoms with Crippen LogP contribution in [-0.2, 0) is 4.79 Å². The Hall–Kier alpha value is -2.62. The molecule has 0 fully saturated rings. The maximum Gasteiger partial charge on any atom is 0.269 e. The van der Waals surface area contributed by atoms with Crippen LogP contribution < -0.4 is 11.6 Å². The highest BCUT2D eigenvalue weighted by atomic mass is 32.2. The third-order valence-corrected chi connectivity index (χ3v) is 3.31. The second kappa shape index (κ2) is 5.57. The van der Waals surface area contributed by atoms with Crippen LogP contribution in [0.2, 0.25) is 0 Å². The normalized spacial score (nSPS) is 10.4. The molecule has 0 bridgehead atoms. The number of non-ortho nitro benzene ring substituents is 1. The molecule has 0 saturated heterocycles. The monoisotopic (exact) mass is 294 g/mol. The molecule has 0 spiro atoms. The van der Waals surface area contributed by atoms with Crippen LogP contribution in [0.5, 0.6) is 0 Å². The largest absolute Gasteiger partial charge is 0.369 e. The summed E-state index contributed by atoms with van der Waals surface area (Å²) in [5, 5.41) is 18.6. The molecule has 1 aromatic heterocycles. The molecule has 2 rings (SSSR count). The first-order chi connectivity index (χ1) is 9.49. The number of benzene rings is 1. The molecular weight excluding hydrogens is 284 g/mol. The van der Waals surface area contributed by atoms with Crippen LogP contribution in [0.15, 0.2) is 29.4 Å². The van der Waals surface area contributed by atoms with Crippen LogP contribution in [0.1, 0.15) is 0 Å². The predicted octanol–water partition coefficient (Wildman–Crippen LogP) is 0.144. The van der Waals surface area contributed by atoms with Crippen molar-refractivity contribution in [1.82, 2.24) is 14.9 Å².